The highest BCUT2D eigenvalue weighted by Crippen LogP contribution is 2.19. The van der Waals surface area contributed by atoms with Crippen LogP contribution in [0.4, 0.5) is 0 Å². The molecule has 3 rings (SSSR count). The number of nitrogens with one attached hydrogen (secondary N) is 2. The molecule has 0 spiro atoms. The van der Waals surface area contributed by atoms with Crippen LogP contribution in [0.15, 0.2) is 29.1 Å². The Labute approximate surface area is 110 Å². The van der Waals surface area contributed by atoms with Crippen molar-refractivity contribution in [1.82, 2.24) is 10.3 Å². The first-order chi connectivity index (χ1) is 9.13. The zero-order valence-corrected chi connectivity index (χ0v) is 10.8. The molecule has 0 unspecified atom stereocenters. The van der Waals surface area contributed by atoms with Crippen LogP contribution in [0.2, 0.25) is 0 Å². The normalized spacial score (nSPS) is 15.2. The number of fused-ring (bicyclic) bond motifs is 1. The van der Waals surface area contributed by atoms with E-state index in [1.807, 2.05) is 25.1 Å². The van der Waals surface area contributed by atoms with E-state index in [1.54, 1.807) is 6.07 Å². The first-order valence-electron chi connectivity index (χ1n) is 6.58. The molecule has 1 aliphatic rings. The summed E-state index contributed by atoms with van der Waals surface area (Å²) in [7, 11) is 0. The molecular weight excluding hydrogens is 240 g/mol. The summed E-state index contributed by atoms with van der Waals surface area (Å²) in [5.74, 6) is -0.190. The second-order valence-corrected chi connectivity index (χ2v) is 5.20. The van der Waals surface area contributed by atoms with Crippen molar-refractivity contribution in [2.75, 3.05) is 0 Å². The molecule has 0 saturated heterocycles. The summed E-state index contributed by atoms with van der Waals surface area (Å²) in [6.45, 7) is 1.94. The minimum Gasteiger partial charge on any atom is -0.348 e. The van der Waals surface area contributed by atoms with Crippen LogP contribution in [0.25, 0.3) is 10.8 Å². The molecule has 1 fully saturated rings. The number of pyridine rings is 1. The third-order valence-corrected chi connectivity index (χ3v) is 3.69. The summed E-state index contributed by atoms with van der Waals surface area (Å²) in [4.78, 5) is 26.7. The van der Waals surface area contributed by atoms with Crippen molar-refractivity contribution in [1.29, 1.82) is 0 Å². The highest BCUT2D eigenvalue weighted by Gasteiger charge is 2.20. The highest BCUT2D eigenvalue weighted by molar-refractivity contribution is 5.96. The van der Waals surface area contributed by atoms with Crippen LogP contribution in [-0.2, 0) is 0 Å². The van der Waals surface area contributed by atoms with Crippen molar-refractivity contribution in [3.05, 3.63) is 45.9 Å². The van der Waals surface area contributed by atoms with E-state index in [4.69, 9.17) is 0 Å². The Morgan fingerprint density at radius 1 is 1.32 bits per heavy atom. The molecule has 1 aromatic heterocycles. The van der Waals surface area contributed by atoms with E-state index in [0.29, 0.717) is 11.1 Å². The van der Waals surface area contributed by atoms with E-state index in [0.717, 1.165) is 23.8 Å². The van der Waals surface area contributed by atoms with Crippen LogP contribution in [-0.4, -0.2) is 16.9 Å². The van der Waals surface area contributed by atoms with Crippen molar-refractivity contribution in [2.24, 2.45) is 0 Å². The molecule has 4 nitrogen and oxygen atoms in total. The van der Waals surface area contributed by atoms with Gasteiger partial charge in [0.1, 0.15) is 5.69 Å². The van der Waals surface area contributed by atoms with E-state index < -0.39 is 0 Å². The van der Waals surface area contributed by atoms with Crippen LogP contribution in [0.5, 0.6) is 0 Å². The molecule has 0 radical (unpaired) electrons. The number of hydrogen-bond donors (Lipinski definition) is 2. The quantitative estimate of drug-likeness (QED) is 0.864. The molecule has 2 N–H and O–H groups in total. The fourth-order valence-corrected chi connectivity index (χ4v) is 2.31. The van der Waals surface area contributed by atoms with E-state index >= 15 is 0 Å². The lowest BCUT2D eigenvalue weighted by Crippen LogP contribution is -2.40. The number of benzene rings is 1. The predicted octanol–water partition coefficient (Wildman–Crippen LogP) is 2.12. The molecule has 2 aromatic rings. The van der Waals surface area contributed by atoms with Gasteiger partial charge in [0.2, 0.25) is 0 Å². The Kier molecular flexibility index (Phi) is 2.85. The first kappa shape index (κ1) is 12.0. The molecule has 1 amide bonds. The Balaban J connectivity index is 1.98. The smallest absolute Gasteiger partial charge is 0.268 e. The van der Waals surface area contributed by atoms with Gasteiger partial charge in [0.25, 0.3) is 11.5 Å². The van der Waals surface area contributed by atoms with Gasteiger partial charge in [-0.25, -0.2) is 0 Å². The maximum Gasteiger partial charge on any atom is 0.268 e. The fraction of sp³-hybridized carbons (Fsp3) is 0.333. The van der Waals surface area contributed by atoms with Crippen molar-refractivity contribution in [3.8, 4) is 0 Å². The number of rotatable bonds is 2. The number of carbonyl (C=O) groups is 1. The van der Waals surface area contributed by atoms with Gasteiger partial charge in [-0.2, -0.15) is 0 Å². The van der Waals surface area contributed by atoms with Gasteiger partial charge in [-0.05, 0) is 43.7 Å². The monoisotopic (exact) mass is 256 g/mol. The van der Waals surface area contributed by atoms with Gasteiger partial charge in [-0.15, -0.1) is 0 Å². The second-order valence-electron chi connectivity index (χ2n) is 5.20. The number of amides is 1. The number of hydrogen-bond acceptors (Lipinski definition) is 2. The van der Waals surface area contributed by atoms with E-state index in [9.17, 15) is 9.59 Å². The summed E-state index contributed by atoms with van der Waals surface area (Å²) < 4.78 is 0. The summed E-state index contributed by atoms with van der Waals surface area (Å²) in [5, 5.41) is 4.35. The molecule has 4 heteroatoms. The highest BCUT2D eigenvalue weighted by atomic mass is 16.2. The van der Waals surface area contributed by atoms with Gasteiger partial charge in [-0.3, -0.25) is 9.59 Å². The standard InChI is InChI=1S/C15H16N2O2/c1-9-5-6-10-8-13(17-14(18)12(10)7-9)15(19)16-11-3-2-4-11/h5-8,11H,2-4H2,1H3,(H,16,19)(H,17,18). The minimum atomic E-state index is -0.208. The number of aryl methyl sites for hydroxylation is 1. The second kappa shape index (κ2) is 4.53. The van der Waals surface area contributed by atoms with Crippen molar-refractivity contribution < 1.29 is 4.79 Å². The lowest BCUT2D eigenvalue weighted by Gasteiger charge is -2.26. The lowest BCUT2D eigenvalue weighted by molar-refractivity contribution is 0.0912. The average molecular weight is 256 g/mol. The maximum atomic E-state index is 12.0. The number of H-pyrrole nitrogens is 1. The largest absolute Gasteiger partial charge is 0.348 e. The Bertz CT molecular complexity index is 699. The van der Waals surface area contributed by atoms with Crippen LogP contribution in [0.3, 0.4) is 0 Å². The molecule has 19 heavy (non-hydrogen) atoms. The summed E-state index contributed by atoms with van der Waals surface area (Å²) in [6, 6.07) is 7.66. The maximum absolute atomic E-state index is 12.0. The zero-order valence-electron chi connectivity index (χ0n) is 10.8. The molecule has 1 saturated carbocycles. The summed E-state index contributed by atoms with van der Waals surface area (Å²) in [6.07, 6.45) is 3.23. The lowest BCUT2D eigenvalue weighted by atomic mass is 9.93. The molecule has 98 valence electrons. The zero-order chi connectivity index (χ0) is 13.4. The SMILES string of the molecule is Cc1ccc2cc(C(=O)NC3CCC3)[nH]c(=O)c2c1. The van der Waals surface area contributed by atoms with Gasteiger partial charge in [0.05, 0.1) is 0 Å². The Morgan fingerprint density at radius 2 is 2.11 bits per heavy atom. The van der Waals surface area contributed by atoms with Crippen molar-refractivity contribution in [2.45, 2.75) is 32.2 Å². The van der Waals surface area contributed by atoms with E-state index in [-0.39, 0.29) is 17.5 Å². The van der Waals surface area contributed by atoms with Crippen LogP contribution < -0.4 is 10.9 Å². The number of aromatic nitrogens is 1. The van der Waals surface area contributed by atoms with E-state index in [2.05, 4.69) is 10.3 Å². The van der Waals surface area contributed by atoms with Gasteiger partial charge in [0, 0.05) is 11.4 Å². The Morgan fingerprint density at radius 3 is 2.79 bits per heavy atom. The van der Waals surface area contributed by atoms with Gasteiger partial charge in [0.15, 0.2) is 0 Å². The molecular formula is C15H16N2O2. The first-order valence-corrected chi connectivity index (χ1v) is 6.58. The third kappa shape index (κ3) is 2.26. The third-order valence-electron chi connectivity index (χ3n) is 3.69. The minimum absolute atomic E-state index is 0.190. The summed E-state index contributed by atoms with van der Waals surface area (Å²) >= 11 is 0. The van der Waals surface area contributed by atoms with Crippen molar-refractivity contribution >= 4 is 16.7 Å². The molecule has 1 aromatic carbocycles. The van der Waals surface area contributed by atoms with Crippen molar-refractivity contribution in [3.63, 3.8) is 0 Å². The molecule has 1 aliphatic carbocycles. The fourth-order valence-electron chi connectivity index (χ4n) is 2.31. The molecule has 1 heterocycles. The molecule has 0 atom stereocenters. The van der Waals surface area contributed by atoms with Crippen LogP contribution in [0, 0.1) is 6.92 Å². The average Bonchev–Trinajstić information content (AvgIpc) is 2.34. The predicted molar refractivity (Wildman–Crippen MR) is 74.4 cm³/mol. The van der Waals surface area contributed by atoms with Gasteiger partial charge >= 0.3 is 0 Å². The van der Waals surface area contributed by atoms with E-state index in [1.165, 1.54) is 6.42 Å². The molecule has 0 aliphatic heterocycles. The topological polar surface area (TPSA) is 62.0 Å². The van der Waals surface area contributed by atoms with Gasteiger partial charge < -0.3 is 10.3 Å². The number of aromatic amines is 1. The Hall–Kier alpha value is -2.10. The van der Waals surface area contributed by atoms with Gasteiger partial charge in [-0.1, -0.05) is 17.7 Å². The number of carbonyl (C=O) groups excluding carboxylic acids is 1. The van der Waals surface area contributed by atoms with Crippen LogP contribution in [0.1, 0.15) is 35.3 Å². The van der Waals surface area contributed by atoms with Crippen LogP contribution >= 0.6 is 0 Å². The molecule has 0 bridgehead atoms. The summed E-state index contributed by atoms with van der Waals surface area (Å²) in [5.41, 5.74) is 1.16.